The first-order valence-corrected chi connectivity index (χ1v) is 15.6. The standard InChI is InChI=1S/C24H26Br4O8S/c1-5-9-33-21-13(25)11-15(23(19(21)27)35-17(29)7-3)37(31,32)16-12-14(26)22(34-10-6-2)20(28)24(16)36-18(30)8-4/h5-6,11-12,17-18,29-30H,1-2,7-10H2,3-4H3. The van der Waals surface area contributed by atoms with Gasteiger partial charge in [0, 0.05) is 12.8 Å². The van der Waals surface area contributed by atoms with Gasteiger partial charge in [-0.15, -0.1) is 0 Å². The molecule has 2 aromatic carbocycles. The molecule has 0 bridgehead atoms. The van der Waals surface area contributed by atoms with Gasteiger partial charge in [-0.2, -0.15) is 0 Å². The van der Waals surface area contributed by atoms with Crippen molar-refractivity contribution in [1.29, 1.82) is 0 Å². The maximum absolute atomic E-state index is 14.2. The van der Waals surface area contributed by atoms with E-state index in [-0.39, 0.29) is 67.8 Å². The Morgan fingerprint density at radius 3 is 1.43 bits per heavy atom. The number of benzene rings is 2. The molecular formula is C24H26Br4O8S. The third kappa shape index (κ3) is 7.52. The number of sulfone groups is 1. The Hall–Kier alpha value is -1.09. The average Bonchev–Trinajstić information content (AvgIpc) is 2.86. The molecule has 37 heavy (non-hydrogen) atoms. The van der Waals surface area contributed by atoms with E-state index in [0.717, 1.165) is 0 Å². The normalized spacial score (nSPS) is 13.0. The van der Waals surface area contributed by atoms with Crippen molar-refractivity contribution >= 4 is 73.6 Å². The van der Waals surface area contributed by atoms with E-state index in [4.69, 9.17) is 18.9 Å². The molecule has 0 saturated heterocycles. The molecule has 13 heteroatoms. The molecule has 2 N–H and O–H groups in total. The largest absolute Gasteiger partial charge is 0.487 e. The Morgan fingerprint density at radius 1 is 0.784 bits per heavy atom. The molecular weight excluding hydrogens is 768 g/mol. The second-order valence-electron chi connectivity index (χ2n) is 7.32. The molecule has 0 aliphatic rings. The summed E-state index contributed by atoms with van der Waals surface area (Å²) in [5.74, 6) is 0.173. The molecule has 0 amide bonds. The van der Waals surface area contributed by atoms with E-state index in [1.165, 1.54) is 24.3 Å². The van der Waals surface area contributed by atoms with Crippen LogP contribution in [0.2, 0.25) is 0 Å². The quantitative estimate of drug-likeness (QED) is 0.157. The molecule has 0 saturated carbocycles. The van der Waals surface area contributed by atoms with Crippen LogP contribution in [0.4, 0.5) is 0 Å². The number of aliphatic hydroxyl groups excluding tert-OH is 2. The summed E-state index contributed by atoms with van der Waals surface area (Å²) in [4.78, 5) is -0.585. The number of aliphatic hydroxyl groups is 2. The summed E-state index contributed by atoms with van der Waals surface area (Å²) in [6.45, 7) is 10.9. The summed E-state index contributed by atoms with van der Waals surface area (Å²) < 4.78 is 51.8. The molecule has 8 nitrogen and oxygen atoms in total. The van der Waals surface area contributed by atoms with Crippen LogP contribution in [-0.4, -0.2) is 44.4 Å². The van der Waals surface area contributed by atoms with Gasteiger partial charge in [0.15, 0.2) is 35.6 Å². The minimum Gasteiger partial charge on any atom is -0.487 e. The zero-order valence-corrected chi connectivity index (χ0v) is 27.1. The van der Waals surface area contributed by atoms with Crippen molar-refractivity contribution in [1.82, 2.24) is 0 Å². The van der Waals surface area contributed by atoms with Crippen LogP contribution in [0, 0.1) is 0 Å². The lowest BCUT2D eigenvalue weighted by Gasteiger charge is -2.23. The monoisotopic (exact) mass is 790 g/mol. The number of ether oxygens (including phenoxy) is 4. The highest BCUT2D eigenvalue weighted by atomic mass is 79.9. The molecule has 0 aliphatic heterocycles. The fraction of sp³-hybridized carbons (Fsp3) is 0.333. The molecule has 0 aromatic heterocycles. The van der Waals surface area contributed by atoms with Gasteiger partial charge in [-0.3, -0.25) is 0 Å². The molecule has 0 fully saturated rings. The molecule has 2 aromatic rings. The predicted octanol–water partition coefficient (Wildman–Crippen LogP) is 6.91. The Bertz CT molecular complexity index is 1160. The van der Waals surface area contributed by atoms with Gasteiger partial charge >= 0.3 is 0 Å². The first kappa shape index (κ1) is 32.1. The van der Waals surface area contributed by atoms with Crippen molar-refractivity contribution in [2.75, 3.05) is 13.2 Å². The van der Waals surface area contributed by atoms with Gasteiger partial charge < -0.3 is 29.2 Å². The van der Waals surface area contributed by atoms with E-state index in [0.29, 0.717) is 8.95 Å². The van der Waals surface area contributed by atoms with E-state index in [9.17, 15) is 18.6 Å². The zero-order valence-electron chi connectivity index (χ0n) is 20.0. The van der Waals surface area contributed by atoms with Gasteiger partial charge in [-0.05, 0) is 75.9 Å². The molecule has 0 aliphatic carbocycles. The first-order valence-electron chi connectivity index (χ1n) is 10.9. The van der Waals surface area contributed by atoms with Crippen LogP contribution in [0.3, 0.4) is 0 Å². The van der Waals surface area contributed by atoms with E-state index in [2.05, 4.69) is 76.9 Å². The van der Waals surface area contributed by atoms with Crippen molar-refractivity contribution in [3.8, 4) is 23.0 Å². The summed E-state index contributed by atoms with van der Waals surface area (Å²) >= 11 is 13.4. The second kappa shape index (κ2) is 14.3. The molecule has 204 valence electrons. The fourth-order valence-electron chi connectivity index (χ4n) is 2.85. The predicted molar refractivity (Wildman–Crippen MR) is 154 cm³/mol. The molecule has 2 atom stereocenters. The third-order valence-electron chi connectivity index (χ3n) is 4.67. The van der Waals surface area contributed by atoms with E-state index in [1.54, 1.807) is 13.8 Å². The maximum atomic E-state index is 14.2. The lowest BCUT2D eigenvalue weighted by atomic mass is 10.3. The maximum Gasteiger partial charge on any atom is 0.214 e. The van der Waals surface area contributed by atoms with Crippen molar-refractivity contribution < 1.29 is 37.6 Å². The molecule has 0 heterocycles. The van der Waals surface area contributed by atoms with Crippen LogP contribution < -0.4 is 18.9 Å². The van der Waals surface area contributed by atoms with Crippen LogP contribution in [-0.2, 0) is 9.84 Å². The van der Waals surface area contributed by atoms with Gasteiger partial charge in [-0.1, -0.05) is 39.2 Å². The smallest absolute Gasteiger partial charge is 0.214 e. The number of hydrogen-bond donors (Lipinski definition) is 2. The zero-order chi connectivity index (χ0) is 27.9. The second-order valence-corrected chi connectivity index (χ2v) is 12.5. The molecule has 0 radical (unpaired) electrons. The summed E-state index contributed by atoms with van der Waals surface area (Å²) in [5.41, 5.74) is 0. The van der Waals surface area contributed by atoms with Crippen molar-refractivity contribution in [2.45, 2.75) is 49.1 Å². The first-order chi connectivity index (χ1) is 17.4. The summed E-state index contributed by atoms with van der Waals surface area (Å²) in [6.07, 6.45) is 0.828. The molecule has 2 unspecified atom stereocenters. The minimum absolute atomic E-state index is 0.137. The summed E-state index contributed by atoms with van der Waals surface area (Å²) in [5, 5.41) is 20.5. The van der Waals surface area contributed by atoms with Crippen LogP contribution >= 0.6 is 63.7 Å². The SMILES string of the molecule is C=CCOc1c(Br)cc(S(=O)(=O)c2cc(Br)c(OCC=C)c(Br)c2OC(O)CC)c(OC(O)CC)c1Br. The highest BCUT2D eigenvalue weighted by molar-refractivity contribution is 9.11. The number of hydrogen-bond acceptors (Lipinski definition) is 8. The van der Waals surface area contributed by atoms with Crippen molar-refractivity contribution in [3.05, 3.63) is 55.3 Å². The molecule has 2 rings (SSSR count). The number of rotatable bonds is 14. The highest BCUT2D eigenvalue weighted by Crippen LogP contribution is 2.50. The van der Waals surface area contributed by atoms with Gasteiger partial charge in [-0.25, -0.2) is 8.42 Å². The van der Waals surface area contributed by atoms with Crippen molar-refractivity contribution in [3.63, 3.8) is 0 Å². The van der Waals surface area contributed by atoms with E-state index in [1.807, 2.05) is 0 Å². The van der Waals surface area contributed by atoms with Crippen molar-refractivity contribution in [2.24, 2.45) is 0 Å². The Labute approximate surface area is 250 Å². The molecule has 0 spiro atoms. The van der Waals surface area contributed by atoms with E-state index < -0.39 is 22.4 Å². The lowest BCUT2D eigenvalue weighted by Crippen LogP contribution is -2.19. The highest BCUT2D eigenvalue weighted by Gasteiger charge is 2.34. The number of halogens is 4. The Morgan fingerprint density at radius 2 is 1.14 bits per heavy atom. The van der Waals surface area contributed by atoms with Crippen LogP contribution in [0.1, 0.15) is 26.7 Å². The van der Waals surface area contributed by atoms with Gasteiger partial charge in [0.05, 0.1) is 8.95 Å². The van der Waals surface area contributed by atoms with Crippen LogP contribution in [0.15, 0.2) is 65.1 Å². The minimum atomic E-state index is -4.42. The topological polar surface area (TPSA) is 112 Å². The van der Waals surface area contributed by atoms with Gasteiger partial charge in [0.25, 0.3) is 0 Å². The van der Waals surface area contributed by atoms with E-state index >= 15 is 0 Å². The Kier molecular flexibility index (Phi) is 12.4. The summed E-state index contributed by atoms with van der Waals surface area (Å²) in [6, 6.07) is 2.61. The third-order valence-corrected chi connectivity index (χ3v) is 9.05. The summed E-state index contributed by atoms with van der Waals surface area (Å²) in [7, 11) is -4.42. The van der Waals surface area contributed by atoms with Crippen LogP contribution in [0.5, 0.6) is 23.0 Å². The lowest BCUT2D eigenvalue weighted by molar-refractivity contribution is -0.0219. The van der Waals surface area contributed by atoms with Crippen LogP contribution in [0.25, 0.3) is 0 Å². The van der Waals surface area contributed by atoms with Gasteiger partial charge in [0.2, 0.25) is 9.84 Å². The average molecular weight is 794 g/mol. The van der Waals surface area contributed by atoms with Gasteiger partial charge in [0.1, 0.15) is 32.0 Å². The fourth-order valence-corrected chi connectivity index (χ4v) is 7.87. The Balaban J connectivity index is 2.90.